The first-order valence-corrected chi connectivity index (χ1v) is 6.20. The summed E-state index contributed by atoms with van der Waals surface area (Å²) in [7, 11) is 1.17. The molecule has 0 bridgehead atoms. The third-order valence-corrected chi connectivity index (χ3v) is 3.21. The van der Waals surface area contributed by atoms with Gasteiger partial charge in [0, 0.05) is 13.5 Å². The van der Waals surface area contributed by atoms with Crippen molar-refractivity contribution >= 4 is 11.8 Å². The molecular weight excluding hydrogens is 280 g/mol. The second-order valence-electron chi connectivity index (χ2n) is 4.72. The fraction of sp³-hybridized carbons (Fsp3) is 0.429. The Morgan fingerprint density at radius 1 is 1.29 bits per heavy atom. The fourth-order valence-electron chi connectivity index (χ4n) is 2.03. The molecule has 0 amide bonds. The number of carboxylic acids is 1. The molecule has 7 heteroatoms. The fourth-order valence-corrected chi connectivity index (χ4v) is 2.03. The van der Waals surface area contributed by atoms with Crippen LogP contribution in [-0.4, -0.2) is 45.4 Å². The number of aryl methyl sites for hydroxylation is 1. The number of aliphatic hydroxyl groups excluding tert-OH is 1. The number of methoxy groups -OCH3 is 1. The smallest absolute Gasteiger partial charge is 0.332 e. The molecule has 0 aromatic heterocycles. The van der Waals surface area contributed by atoms with Gasteiger partial charge in [-0.2, -0.15) is 0 Å². The number of phenols is 2. The van der Waals surface area contributed by atoms with Crippen LogP contribution in [0.3, 0.4) is 0 Å². The summed E-state index contributed by atoms with van der Waals surface area (Å²) >= 11 is 0. The molecule has 0 heterocycles. The van der Waals surface area contributed by atoms with Crippen LogP contribution >= 0.6 is 0 Å². The summed E-state index contributed by atoms with van der Waals surface area (Å²) in [6.45, 7) is 2.74. The number of aromatic hydroxyl groups is 2. The molecular formula is C14H18O7. The van der Waals surface area contributed by atoms with Crippen molar-refractivity contribution in [3.63, 3.8) is 0 Å². The van der Waals surface area contributed by atoms with Crippen LogP contribution in [0.2, 0.25) is 0 Å². The Kier molecular flexibility index (Phi) is 5.28. The predicted molar refractivity (Wildman–Crippen MR) is 72.5 cm³/mol. The van der Waals surface area contributed by atoms with Gasteiger partial charge in [-0.15, -0.1) is 0 Å². The number of rotatable bonds is 6. The summed E-state index contributed by atoms with van der Waals surface area (Å²) in [5.74, 6) is -2.66. The molecule has 0 aliphatic carbocycles. The number of benzene rings is 1. The van der Waals surface area contributed by atoms with Crippen LogP contribution in [0.1, 0.15) is 40.9 Å². The average Bonchev–Trinajstić information content (AvgIpc) is 2.39. The highest BCUT2D eigenvalue weighted by molar-refractivity contribution is 5.97. The van der Waals surface area contributed by atoms with Gasteiger partial charge < -0.3 is 25.2 Å². The Morgan fingerprint density at radius 2 is 1.86 bits per heavy atom. The molecule has 0 saturated heterocycles. The highest BCUT2D eigenvalue weighted by Crippen LogP contribution is 2.40. The maximum atomic E-state index is 11.4. The van der Waals surface area contributed by atoms with Gasteiger partial charge in [0.2, 0.25) is 0 Å². The molecule has 0 aliphatic rings. The van der Waals surface area contributed by atoms with Gasteiger partial charge in [0.05, 0.1) is 17.2 Å². The second kappa shape index (κ2) is 6.55. The van der Waals surface area contributed by atoms with E-state index in [0.717, 1.165) is 0 Å². The molecule has 7 nitrogen and oxygen atoms in total. The average molecular weight is 298 g/mol. The first-order chi connectivity index (χ1) is 9.70. The number of hydrogen-bond donors (Lipinski definition) is 4. The largest absolute Gasteiger partial charge is 0.507 e. The van der Waals surface area contributed by atoms with Gasteiger partial charge in [-0.1, -0.05) is 0 Å². The van der Waals surface area contributed by atoms with Crippen LogP contribution in [0, 0.1) is 6.92 Å². The Morgan fingerprint density at radius 3 is 2.29 bits per heavy atom. The van der Waals surface area contributed by atoms with Gasteiger partial charge in [0.15, 0.2) is 11.9 Å². The van der Waals surface area contributed by atoms with Crippen molar-refractivity contribution in [2.75, 3.05) is 7.11 Å². The minimum absolute atomic E-state index is 0.0522. The SMILES string of the molecule is CO[C@@H](C[C@H](O)c1c(O)c(C)cc(C(C)=O)c1O)C(=O)O. The van der Waals surface area contributed by atoms with Crippen molar-refractivity contribution in [2.45, 2.75) is 32.5 Å². The minimum Gasteiger partial charge on any atom is -0.507 e. The van der Waals surface area contributed by atoms with Crippen LogP contribution in [0.5, 0.6) is 11.5 Å². The second-order valence-corrected chi connectivity index (χ2v) is 4.72. The van der Waals surface area contributed by atoms with Gasteiger partial charge in [-0.05, 0) is 25.5 Å². The van der Waals surface area contributed by atoms with Gasteiger partial charge in [0.25, 0.3) is 0 Å². The number of carbonyl (C=O) groups excluding carboxylic acids is 1. The van der Waals surface area contributed by atoms with E-state index in [2.05, 4.69) is 0 Å². The van der Waals surface area contributed by atoms with Crippen molar-refractivity contribution < 1.29 is 34.8 Å². The lowest BCUT2D eigenvalue weighted by Crippen LogP contribution is -2.25. The molecule has 0 fully saturated rings. The number of phenolic OH excluding ortho intramolecular Hbond substituents is 2. The molecule has 116 valence electrons. The lowest BCUT2D eigenvalue weighted by molar-refractivity contribution is -0.150. The maximum absolute atomic E-state index is 11.4. The summed E-state index contributed by atoms with van der Waals surface area (Å²) in [6, 6.07) is 1.30. The third-order valence-electron chi connectivity index (χ3n) is 3.21. The number of ketones is 1. The number of ether oxygens (including phenoxy) is 1. The van der Waals surface area contributed by atoms with E-state index in [1.165, 1.54) is 27.0 Å². The van der Waals surface area contributed by atoms with Crippen LogP contribution in [-0.2, 0) is 9.53 Å². The molecule has 4 N–H and O–H groups in total. The zero-order chi connectivity index (χ0) is 16.3. The highest BCUT2D eigenvalue weighted by Gasteiger charge is 2.28. The van der Waals surface area contributed by atoms with Crippen molar-refractivity contribution in [3.8, 4) is 11.5 Å². The van der Waals surface area contributed by atoms with Crippen LogP contribution in [0.25, 0.3) is 0 Å². The van der Waals surface area contributed by atoms with Crippen molar-refractivity contribution in [2.24, 2.45) is 0 Å². The Labute approximate surface area is 121 Å². The van der Waals surface area contributed by atoms with Crippen molar-refractivity contribution in [3.05, 3.63) is 22.8 Å². The minimum atomic E-state index is -1.50. The van der Waals surface area contributed by atoms with Crippen molar-refractivity contribution in [1.82, 2.24) is 0 Å². The molecule has 0 saturated carbocycles. The summed E-state index contributed by atoms with van der Waals surface area (Å²) in [4.78, 5) is 22.3. The zero-order valence-electron chi connectivity index (χ0n) is 12.0. The van der Waals surface area contributed by atoms with Crippen molar-refractivity contribution in [1.29, 1.82) is 0 Å². The van der Waals surface area contributed by atoms with Gasteiger partial charge >= 0.3 is 5.97 Å². The first kappa shape index (κ1) is 16.9. The highest BCUT2D eigenvalue weighted by atomic mass is 16.5. The molecule has 1 rings (SSSR count). The summed E-state index contributed by atoms with van der Waals surface area (Å²) in [5, 5.41) is 39.0. The number of aliphatic carboxylic acids is 1. The molecule has 1 aromatic carbocycles. The van der Waals surface area contributed by atoms with Gasteiger partial charge in [0.1, 0.15) is 11.5 Å². The van der Waals surface area contributed by atoms with E-state index < -0.39 is 29.7 Å². The predicted octanol–water partition coefficient (Wildman–Crippen LogP) is 1.13. The molecule has 0 unspecified atom stereocenters. The van der Waals surface area contributed by atoms with E-state index in [1.807, 2.05) is 0 Å². The van der Waals surface area contributed by atoms with Gasteiger partial charge in [-0.3, -0.25) is 4.79 Å². The van der Waals surface area contributed by atoms with Crippen LogP contribution in [0.15, 0.2) is 6.07 Å². The maximum Gasteiger partial charge on any atom is 0.332 e. The molecule has 0 spiro atoms. The molecule has 1 aromatic rings. The number of carbonyl (C=O) groups is 2. The molecule has 0 radical (unpaired) electrons. The number of Topliss-reactive ketones (excluding diaryl/α,β-unsaturated/α-hetero) is 1. The number of hydrogen-bond acceptors (Lipinski definition) is 6. The lowest BCUT2D eigenvalue weighted by Gasteiger charge is -2.20. The number of carboxylic acid groups (broad SMARTS) is 1. The van der Waals surface area contributed by atoms with E-state index >= 15 is 0 Å². The monoisotopic (exact) mass is 298 g/mol. The standard InChI is InChI=1S/C14H18O7/c1-6-4-8(7(2)15)13(18)11(12(6)17)9(16)5-10(21-3)14(19)20/h4,9-10,16-18H,5H2,1-3H3,(H,19,20)/t9-,10-/m0/s1. The molecule has 2 atom stereocenters. The topological polar surface area (TPSA) is 124 Å². The van der Waals surface area contributed by atoms with E-state index in [0.29, 0.717) is 0 Å². The zero-order valence-corrected chi connectivity index (χ0v) is 12.0. The van der Waals surface area contributed by atoms with E-state index in [1.54, 1.807) is 0 Å². The first-order valence-electron chi connectivity index (χ1n) is 6.20. The third kappa shape index (κ3) is 3.50. The summed E-state index contributed by atoms with van der Waals surface area (Å²) < 4.78 is 4.70. The van der Waals surface area contributed by atoms with E-state index in [9.17, 15) is 24.9 Å². The quantitative estimate of drug-likeness (QED) is 0.580. The summed E-state index contributed by atoms with van der Waals surface area (Å²) in [5.41, 5.74) is -0.0384. The summed E-state index contributed by atoms with van der Waals surface area (Å²) in [6.07, 6.45) is -3.18. The normalized spacial score (nSPS) is 13.7. The van der Waals surface area contributed by atoms with Gasteiger partial charge in [-0.25, -0.2) is 4.79 Å². The van der Waals surface area contributed by atoms with E-state index in [-0.39, 0.29) is 28.9 Å². The van der Waals surface area contributed by atoms with E-state index in [4.69, 9.17) is 9.84 Å². The number of aliphatic hydroxyl groups is 1. The molecule has 21 heavy (non-hydrogen) atoms. The van der Waals surface area contributed by atoms with Crippen LogP contribution < -0.4 is 0 Å². The molecule has 0 aliphatic heterocycles. The Bertz CT molecular complexity index is 565. The lowest BCUT2D eigenvalue weighted by atomic mass is 9.94. The Balaban J connectivity index is 3.28. The van der Waals surface area contributed by atoms with Crippen LogP contribution in [0.4, 0.5) is 0 Å². The Hall–Kier alpha value is -2.12.